The van der Waals surface area contributed by atoms with Crippen LogP contribution in [0, 0.1) is 11.3 Å². The first-order valence-corrected chi connectivity index (χ1v) is 8.76. The standard InChI is InChI=1S/C16H21N7O3/c17-5-4-10-12(24)13(25)16(26-10)23-9-20-11-14(18-8-19-15(11)23)21-22-6-2-1-3-7-22/h8-10,12-13,16,24-25H,1-4,6-7H2,(H,18,19,21)/t10-,12?,13?,16-/m1/s1. The molecule has 2 unspecified atom stereocenters. The Morgan fingerprint density at radius 1 is 1.19 bits per heavy atom. The number of aliphatic hydroxyl groups is 2. The molecule has 2 aromatic rings. The molecule has 0 radical (unpaired) electrons. The smallest absolute Gasteiger partial charge is 0.172 e. The lowest BCUT2D eigenvalue weighted by Gasteiger charge is -2.27. The number of hydrogen-bond donors (Lipinski definition) is 3. The first-order chi connectivity index (χ1) is 12.7. The van der Waals surface area contributed by atoms with Crippen molar-refractivity contribution < 1.29 is 14.9 Å². The van der Waals surface area contributed by atoms with Gasteiger partial charge in [0.2, 0.25) is 0 Å². The van der Waals surface area contributed by atoms with E-state index in [9.17, 15) is 10.2 Å². The van der Waals surface area contributed by atoms with Gasteiger partial charge >= 0.3 is 0 Å². The molecule has 0 amide bonds. The molecule has 4 atom stereocenters. The molecule has 2 aliphatic heterocycles. The van der Waals surface area contributed by atoms with E-state index in [-0.39, 0.29) is 6.42 Å². The SMILES string of the molecule is N#CC[C@H]1O[C@@H](n2cnc3c(NN4CCCCC4)ncnc32)C(O)C1O. The molecule has 3 N–H and O–H groups in total. The Morgan fingerprint density at radius 2 is 2.00 bits per heavy atom. The van der Waals surface area contributed by atoms with Crippen molar-refractivity contribution in [2.24, 2.45) is 0 Å². The van der Waals surface area contributed by atoms with Gasteiger partial charge in [-0.05, 0) is 12.8 Å². The van der Waals surface area contributed by atoms with Gasteiger partial charge in [-0.15, -0.1) is 0 Å². The largest absolute Gasteiger partial charge is 0.387 e. The van der Waals surface area contributed by atoms with Crippen LogP contribution in [0.4, 0.5) is 5.82 Å². The summed E-state index contributed by atoms with van der Waals surface area (Å²) in [5, 5.41) is 31.4. The van der Waals surface area contributed by atoms with Crippen molar-refractivity contribution in [2.45, 2.75) is 50.2 Å². The van der Waals surface area contributed by atoms with Crippen LogP contribution in [0.5, 0.6) is 0 Å². The van der Waals surface area contributed by atoms with Gasteiger partial charge in [0.15, 0.2) is 23.2 Å². The van der Waals surface area contributed by atoms with E-state index in [1.807, 2.05) is 6.07 Å². The predicted molar refractivity (Wildman–Crippen MR) is 90.5 cm³/mol. The maximum atomic E-state index is 10.3. The maximum Gasteiger partial charge on any atom is 0.172 e. The second-order valence-corrected chi connectivity index (χ2v) is 6.61. The Morgan fingerprint density at radius 3 is 2.77 bits per heavy atom. The number of nitrogens with one attached hydrogen (secondary N) is 1. The minimum absolute atomic E-state index is 0.00188. The summed E-state index contributed by atoms with van der Waals surface area (Å²) in [6.07, 6.45) is 2.53. The van der Waals surface area contributed by atoms with Gasteiger partial charge in [0.1, 0.15) is 24.6 Å². The van der Waals surface area contributed by atoms with Crippen molar-refractivity contribution in [3.05, 3.63) is 12.7 Å². The summed E-state index contributed by atoms with van der Waals surface area (Å²) in [5.74, 6) is 0.595. The summed E-state index contributed by atoms with van der Waals surface area (Å²) in [5.41, 5.74) is 4.34. The molecule has 2 saturated heterocycles. The van der Waals surface area contributed by atoms with Crippen LogP contribution in [0.2, 0.25) is 0 Å². The van der Waals surface area contributed by atoms with Gasteiger partial charge in [-0.3, -0.25) is 4.57 Å². The third kappa shape index (κ3) is 2.99. The predicted octanol–water partition coefficient (Wildman–Crippen LogP) is 0.172. The Labute approximate surface area is 150 Å². The van der Waals surface area contributed by atoms with Crippen LogP contribution in [-0.2, 0) is 4.74 Å². The molecule has 0 bridgehead atoms. The molecule has 4 rings (SSSR count). The zero-order chi connectivity index (χ0) is 18.1. The average molecular weight is 359 g/mol. The third-order valence-electron chi connectivity index (χ3n) is 4.88. The van der Waals surface area contributed by atoms with Crippen LogP contribution >= 0.6 is 0 Å². The molecule has 0 spiro atoms. The Hall–Kier alpha value is -2.32. The number of rotatable bonds is 4. The van der Waals surface area contributed by atoms with E-state index in [1.165, 1.54) is 19.1 Å². The van der Waals surface area contributed by atoms with Gasteiger partial charge in [-0.25, -0.2) is 20.0 Å². The van der Waals surface area contributed by atoms with Crippen molar-refractivity contribution in [1.29, 1.82) is 5.26 Å². The summed E-state index contributed by atoms with van der Waals surface area (Å²) >= 11 is 0. The van der Waals surface area contributed by atoms with E-state index in [1.54, 1.807) is 4.57 Å². The van der Waals surface area contributed by atoms with Crippen LogP contribution in [-0.4, -0.2) is 66.1 Å². The van der Waals surface area contributed by atoms with E-state index < -0.39 is 24.5 Å². The summed E-state index contributed by atoms with van der Waals surface area (Å²) < 4.78 is 7.25. The van der Waals surface area contributed by atoms with E-state index in [2.05, 4.69) is 25.4 Å². The van der Waals surface area contributed by atoms with Crippen molar-refractivity contribution in [2.75, 3.05) is 18.5 Å². The number of imidazole rings is 1. The summed E-state index contributed by atoms with van der Waals surface area (Å²) in [7, 11) is 0. The number of anilines is 1. The lowest BCUT2D eigenvalue weighted by atomic mass is 10.1. The fraction of sp³-hybridized carbons (Fsp3) is 0.625. The minimum atomic E-state index is -1.17. The third-order valence-corrected chi connectivity index (χ3v) is 4.88. The average Bonchev–Trinajstić information content (AvgIpc) is 3.20. The Kier molecular flexibility index (Phi) is 4.69. The van der Waals surface area contributed by atoms with Crippen LogP contribution in [0.3, 0.4) is 0 Å². The highest BCUT2D eigenvalue weighted by Crippen LogP contribution is 2.33. The van der Waals surface area contributed by atoms with Gasteiger partial charge in [0.25, 0.3) is 0 Å². The first kappa shape index (κ1) is 17.1. The summed E-state index contributed by atoms with van der Waals surface area (Å²) in [6, 6.07) is 1.96. The Balaban J connectivity index is 1.61. The zero-order valence-electron chi connectivity index (χ0n) is 14.2. The molecule has 2 aromatic heterocycles. The summed E-state index contributed by atoms with van der Waals surface area (Å²) in [4.78, 5) is 12.9. The number of aromatic nitrogens is 4. The first-order valence-electron chi connectivity index (χ1n) is 8.76. The molecular formula is C16H21N7O3. The molecule has 10 nitrogen and oxygen atoms in total. The normalized spacial score (nSPS) is 29.7. The number of piperidine rings is 1. The molecule has 10 heteroatoms. The van der Waals surface area contributed by atoms with Gasteiger partial charge in [-0.2, -0.15) is 5.26 Å². The number of nitrogens with zero attached hydrogens (tertiary/aromatic N) is 6. The maximum absolute atomic E-state index is 10.3. The highest BCUT2D eigenvalue weighted by Gasteiger charge is 2.44. The minimum Gasteiger partial charge on any atom is -0.387 e. The second-order valence-electron chi connectivity index (χ2n) is 6.61. The van der Waals surface area contributed by atoms with Crippen molar-refractivity contribution >= 4 is 17.0 Å². The van der Waals surface area contributed by atoms with Gasteiger partial charge < -0.3 is 20.4 Å². The topological polar surface area (TPSA) is 132 Å². The Bertz CT molecular complexity index is 814. The zero-order valence-corrected chi connectivity index (χ0v) is 14.2. The van der Waals surface area contributed by atoms with Crippen molar-refractivity contribution in [3.63, 3.8) is 0 Å². The molecule has 138 valence electrons. The number of hydrogen-bond acceptors (Lipinski definition) is 9. The lowest BCUT2D eigenvalue weighted by molar-refractivity contribution is -0.0333. The molecule has 2 aliphatic rings. The van der Waals surface area contributed by atoms with Crippen LogP contribution < -0.4 is 5.43 Å². The fourth-order valence-electron chi connectivity index (χ4n) is 3.49. The molecule has 0 aromatic carbocycles. The quantitative estimate of drug-likeness (QED) is 0.699. The van der Waals surface area contributed by atoms with E-state index in [4.69, 9.17) is 10.00 Å². The van der Waals surface area contributed by atoms with Crippen molar-refractivity contribution in [3.8, 4) is 6.07 Å². The molecule has 0 saturated carbocycles. The van der Waals surface area contributed by atoms with Crippen LogP contribution in [0.25, 0.3) is 11.2 Å². The van der Waals surface area contributed by atoms with Crippen LogP contribution in [0.1, 0.15) is 31.9 Å². The molecule has 4 heterocycles. The molecular weight excluding hydrogens is 338 g/mol. The molecule has 26 heavy (non-hydrogen) atoms. The fourth-order valence-corrected chi connectivity index (χ4v) is 3.49. The monoisotopic (exact) mass is 359 g/mol. The highest BCUT2D eigenvalue weighted by atomic mass is 16.6. The number of aliphatic hydroxyl groups excluding tert-OH is 2. The number of ether oxygens (including phenoxy) is 1. The summed E-state index contributed by atoms with van der Waals surface area (Å²) in [6.45, 7) is 1.89. The lowest BCUT2D eigenvalue weighted by Crippen LogP contribution is -2.35. The van der Waals surface area contributed by atoms with Gasteiger partial charge in [0, 0.05) is 13.1 Å². The van der Waals surface area contributed by atoms with Gasteiger partial charge in [0.05, 0.1) is 18.8 Å². The van der Waals surface area contributed by atoms with Crippen LogP contribution in [0.15, 0.2) is 12.7 Å². The number of fused-ring (bicyclic) bond motifs is 1. The van der Waals surface area contributed by atoms with E-state index >= 15 is 0 Å². The van der Waals surface area contributed by atoms with Gasteiger partial charge in [-0.1, -0.05) is 6.42 Å². The van der Waals surface area contributed by atoms with E-state index in [0.29, 0.717) is 17.0 Å². The van der Waals surface area contributed by atoms with Crippen molar-refractivity contribution in [1.82, 2.24) is 24.5 Å². The molecule has 0 aliphatic carbocycles. The highest BCUT2D eigenvalue weighted by molar-refractivity contribution is 5.82. The molecule has 2 fully saturated rings. The van der Waals surface area contributed by atoms with E-state index in [0.717, 1.165) is 25.9 Å². The number of hydrazine groups is 1. The number of nitriles is 1. The second kappa shape index (κ2) is 7.13.